The SMILES string of the molecule is Cc1cc(NC(=O)CN(C)Cc2ccccc2Cl)on1. The molecule has 2 rings (SSSR count). The average molecular weight is 294 g/mol. The Hall–Kier alpha value is -1.85. The van der Waals surface area contributed by atoms with Crippen LogP contribution in [-0.2, 0) is 11.3 Å². The Morgan fingerprint density at radius 3 is 2.85 bits per heavy atom. The Morgan fingerprint density at radius 1 is 1.45 bits per heavy atom. The molecular weight excluding hydrogens is 278 g/mol. The largest absolute Gasteiger partial charge is 0.338 e. The van der Waals surface area contributed by atoms with Crippen LogP contribution in [0.5, 0.6) is 0 Å². The van der Waals surface area contributed by atoms with Crippen LogP contribution in [0.15, 0.2) is 34.9 Å². The standard InChI is InChI=1S/C14H16ClN3O2/c1-10-7-14(20-17-10)16-13(19)9-18(2)8-11-5-3-4-6-12(11)15/h3-7H,8-9H2,1-2H3,(H,16,19). The first-order valence-corrected chi connectivity index (χ1v) is 6.57. The molecule has 0 aliphatic heterocycles. The number of hydrogen-bond acceptors (Lipinski definition) is 4. The van der Waals surface area contributed by atoms with E-state index in [0.29, 0.717) is 17.5 Å². The molecule has 0 saturated carbocycles. The number of hydrogen-bond donors (Lipinski definition) is 1. The fourth-order valence-electron chi connectivity index (χ4n) is 1.82. The molecule has 20 heavy (non-hydrogen) atoms. The van der Waals surface area contributed by atoms with Gasteiger partial charge in [0, 0.05) is 17.6 Å². The van der Waals surface area contributed by atoms with Crippen molar-refractivity contribution in [2.75, 3.05) is 18.9 Å². The molecule has 2 aromatic rings. The summed E-state index contributed by atoms with van der Waals surface area (Å²) < 4.78 is 4.93. The number of amides is 1. The molecule has 0 radical (unpaired) electrons. The molecule has 1 aromatic heterocycles. The third kappa shape index (κ3) is 4.08. The van der Waals surface area contributed by atoms with Gasteiger partial charge in [-0.25, -0.2) is 0 Å². The highest BCUT2D eigenvalue weighted by Gasteiger charge is 2.11. The second kappa shape index (κ2) is 6.54. The quantitative estimate of drug-likeness (QED) is 0.921. The average Bonchev–Trinajstić information content (AvgIpc) is 2.77. The number of carbonyl (C=O) groups excluding carboxylic acids is 1. The van der Waals surface area contributed by atoms with Gasteiger partial charge < -0.3 is 4.52 Å². The van der Waals surface area contributed by atoms with Gasteiger partial charge in [0.15, 0.2) is 0 Å². The van der Waals surface area contributed by atoms with Crippen LogP contribution in [-0.4, -0.2) is 29.6 Å². The minimum atomic E-state index is -0.157. The zero-order valence-corrected chi connectivity index (χ0v) is 12.1. The lowest BCUT2D eigenvalue weighted by Crippen LogP contribution is -2.29. The highest BCUT2D eigenvalue weighted by molar-refractivity contribution is 6.31. The first-order chi connectivity index (χ1) is 9.54. The third-order valence-corrected chi connectivity index (χ3v) is 3.07. The molecule has 0 aliphatic rings. The van der Waals surface area contributed by atoms with E-state index in [9.17, 15) is 4.79 Å². The fourth-order valence-corrected chi connectivity index (χ4v) is 2.01. The van der Waals surface area contributed by atoms with E-state index in [-0.39, 0.29) is 12.5 Å². The molecule has 5 nitrogen and oxygen atoms in total. The smallest absolute Gasteiger partial charge is 0.240 e. The van der Waals surface area contributed by atoms with Crippen molar-refractivity contribution in [1.29, 1.82) is 0 Å². The summed E-state index contributed by atoms with van der Waals surface area (Å²) in [6.45, 7) is 2.64. The van der Waals surface area contributed by atoms with Crippen molar-refractivity contribution in [2.45, 2.75) is 13.5 Å². The molecule has 1 aromatic carbocycles. The minimum absolute atomic E-state index is 0.157. The lowest BCUT2D eigenvalue weighted by Gasteiger charge is -2.16. The minimum Gasteiger partial charge on any atom is -0.338 e. The summed E-state index contributed by atoms with van der Waals surface area (Å²) in [5, 5.41) is 7.06. The number of halogens is 1. The maximum atomic E-state index is 11.8. The second-order valence-corrected chi connectivity index (χ2v) is 5.05. The van der Waals surface area contributed by atoms with Gasteiger partial charge in [0.1, 0.15) is 0 Å². The Kier molecular flexibility index (Phi) is 4.76. The summed E-state index contributed by atoms with van der Waals surface area (Å²) in [5.74, 6) is 0.203. The summed E-state index contributed by atoms with van der Waals surface area (Å²) in [6, 6.07) is 9.25. The highest BCUT2D eigenvalue weighted by Crippen LogP contribution is 2.16. The molecule has 1 N–H and O–H groups in total. The Morgan fingerprint density at radius 2 is 2.20 bits per heavy atom. The van der Waals surface area contributed by atoms with Crippen LogP contribution >= 0.6 is 11.6 Å². The van der Waals surface area contributed by atoms with Crippen molar-refractivity contribution < 1.29 is 9.32 Å². The summed E-state index contributed by atoms with van der Waals surface area (Å²) in [5.41, 5.74) is 1.71. The predicted molar refractivity (Wildman–Crippen MR) is 77.7 cm³/mol. The van der Waals surface area contributed by atoms with Crippen LogP contribution in [0.1, 0.15) is 11.3 Å². The van der Waals surface area contributed by atoms with E-state index in [1.165, 1.54) is 0 Å². The van der Waals surface area contributed by atoms with Gasteiger partial charge >= 0.3 is 0 Å². The maximum absolute atomic E-state index is 11.8. The van der Waals surface area contributed by atoms with Gasteiger partial charge in [0.05, 0.1) is 12.2 Å². The lowest BCUT2D eigenvalue weighted by atomic mass is 10.2. The van der Waals surface area contributed by atoms with Gasteiger partial charge in [-0.1, -0.05) is 35.0 Å². The van der Waals surface area contributed by atoms with Gasteiger partial charge in [-0.2, -0.15) is 0 Å². The summed E-state index contributed by atoms with van der Waals surface area (Å²) >= 11 is 6.09. The summed E-state index contributed by atoms with van der Waals surface area (Å²) in [4.78, 5) is 13.7. The van der Waals surface area contributed by atoms with E-state index in [1.807, 2.05) is 36.2 Å². The van der Waals surface area contributed by atoms with Crippen LogP contribution in [0.3, 0.4) is 0 Å². The number of likely N-dealkylation sites (N-methyl/N-ethyl adjacent to an activating group) is 1. The lowest BCUT2D eigenvalue weighted by molar-refractivity contribution is -0.117. The number of aryl methyl sites for hydroxylation is 1. The number of aromatic nitrogens is 1. The molecule has 6 heteroatoms. The topological polar surface area (TPSA) is 58.4 Å². The number of carbonyl (C=O) groups is 1. The second-order valence-electron chi connectivity index (χ2n) is 4.64. The number of nitrogens with zero attached hydrogens (tertiary/aromatic N) is 2. The molecule has 1 amide bonds. The Balaban J connectivity index is 1.86. The zero-order valence-electron chi connectivity index (χ0n) is 11.4. The van der Waals surface area contributed by atoms with Gasteiger partial charge in [-0.15, -0.1) is 0 Å². The molecule has 0 fully saturated rings. The first kappa shape index (κ1) is 14.6. The molecule has 0 saturated heterocycles. The molecule has 0 unspecified atom stereocenters. The monoisotopic (exact) mass is 293 g/mol. The van der Waals surface area contributed by atoms with E-state index in [4.69, 9.17) is 16.1 Å². The van der Waals surface area contributed by atoms with Crippen LogP contribution in [0.2, 0.25) is 5.02 Å². The maximum Gasteiger partial charge on any atom is 0.240 e. The van der Waals surface area contributed by atoms with E-state index in [1.54, 1.807) is 13.0 Å². The number of anilines is 1. The van der Waals surface area contributed by atoms with E-state index < -0.39 is 0 Å². The van der Waals surface area contributed by atoms with Crippen molar-refractivity contribution in [3.05, 3.63) is 46.6 Å². The van der Waals surface area contributed by atoms with Gasteiger partial charge in [0.25, 0.3) is 0 Å². The van der Waals surface area contributed by atoms with Crippen LogP contribution in [0, 0.1) is 6.92 Å². The molecule has 0 bridgehead atoms. The van der Waals surface area contributed by atoms with E-state index >= 15 is 0 Å². The van der Waals surface area contributed by atoms with Crippen molar-refractivity contribution in [3.63, 3.8) is 0 Å². The molecular formula is C14H16ClN3O2. The highest BCUT2D eigenvalue weighted by atomic mass is 35.5. The van der Waals surface area contributed by atoms with Crippen molar-refractivity contribution in [1.82, 2.24) is 10.1 Å². The molecule has 0 aliphatic carbocycles. The van der Waals surface area contributed by atoms with Crippen LogP contribution in [0.4, 0.5) is 5.88 Å². The first-order valence-electron chi connectivity index (χ1n) is 6.19. The van der Waals surface area contributed by atoms with Crippen LogP contribution < -0.4 is 5.32 Å². The summed E-state index contributed by atoms with van der Waals surface area (Å²) in [6.07, 6.45) is 0. The van der Waals surface area contributed by atoms with Gasteiger partial charge in [-0.3, -0.25) is 15.0 Å². The van der Waals surface area contributed by atoms with Gasteiger partial charge in [-0.05, 0) is 25.6 Å². The number of benzene rings is 1. The Labute approximate surface area is 122 Å². The predicted octanol–water partition coefficient (Wildman–Crippen LogP) is 2.71. The Bertz CT molecular complexity index is 598. The van der Waals surface area contributed by atoms with E-state index in [0.717, 1.165) is 11.3 Å². The number of nitrogens with one attached hydrogen (secondary N) is 1. The van der Waals surface area contributed by atoms with Crippen molar-refractivity contribution in [3.8, 4) is 0 Å². The summed E-state index contributed by atoms with van der Waals surface area (Å²) in [7, 11) is 1.86. The molecule has 106 valence electrons. The molecule has 0 spiro atoms. The van der Waals surface area contributed by atoms with Crippen molar-refractivity contribution >= 4 is 23.4 Å². The van der Waals surface area contributed by atoms with Crippen LogP contribution in [0.25, 0.3) is 0 Å². The number of rotatable bonds is 5. The molecule has 1 heterocycles. The van der Waals surface area contributed by atoms with E-state index in [2.05, 4.69) is 10.5 Å². The zero-order chi connectivity index (χ0) is 14.5. The third-order valence-electron chi connectivity index (χ3n) is 2.70. The van der Waals surface area contributed by atoms with Crippen molar-refractivity contribution in [2.24, 2.45) is 0 Å². The molecule has 0 atom stereocenters. The van der Waals surface area contributed by atoms with Gasteiger partial charge in [0.2, 0.25) is 11.8 Å². The fraction of sp³-hybridized carbons (Fsp3) is 0.286. The normalized spacial score (nSPS) is 10.8.